The zero-order valence-corrected chi connectivity index (χ0v) is 12.7. The van der Waals surface area contributed by atoms with Crippen molar-refractivity contribution in [2.75, 3.05) is 23.7 Å². The predicted octanol–water partition coefficient (Wildman–Crippen LogP) is 3.42. The number of aryl methyl sites for hydroxylation is 1. The van der Waals surface area contributed by atoms with E-state index in [2.05, 4.69) is 49.9 Å². The standard InChI is InChI=1S/C15H23NO2S/c1-12(2)19-11-10-16(9-8-15(17)18)14-6-4-13(3)5-7-14/h4-7,12H,8-11H2,1-3H3,(H,17,18). The van der Waals surface area contributed by atoms with Gasteiger partial charge in [-0.05, 0) is 24.3 Å². The second-order valence-corrected chi connectivity index (χ2v) is 6.57. The van der Waals surface area contributed by atoms with Crippen LogP contribution < -0.4 is 4.90 Å². The van der Waals surface area contributed by atoms with Crippen LogP contribution in [-0.2, 0) is 4.79 Å². The first-order valence-electron chi connectivity index (χ1n) is 6.64. The van der Waals surface area contributed by atoms with Gasteiger partial charge in [0.25, 0.3) is 0 Å². The number of thioether (sulfide) groups is 1. The van der Waals surface area contributed by atoms with Crippen LogP contribution in [0.1, 0.15) is 25.8 Å². The summed E-state index contributed by atoms with van der Waals surface area (Å²) in [7, 11) is 0. The highest BCUT2D eigenvalue weighted by atomic mass is 32.2. The van der Waals surface area contributed by atoms with Gasteiger partial charge in [-0.2, -0.15) is 11.8 Å². The molecule has 106 valence electrons. The summed E-state index contributed by atoms with van der Waals surface area (Å²) in [6.07, 6.45) is 0.181. The van der Waals surface area contributed by atoms with Crippen LogP contribution in [0.4, 0.5) is 5.69 Å². The van der Waals surface area contributed by atoms with Gasteiger partial charge >= 0.3 is 5.97 Å². The third-order valence-corrected chi connectivity index (χ3v) is 3.89. The molecule has 1 aromatic carbocycles. The molecule has 0 bridgehead atoms. The molecule has 0 spiro atoms. The summed E-state index contributed by atoms with van der Waals surface area (Å²) in [5.41, 5.74) is 2.33. The molecule has 0 atom stereocenters. The summed E-state index contributed by atoms with van der Waals surface area (Å²) in [5.74, 6) is 0.277. The Morgan fingerprint density at radius 3 is 2.42 bits per heavy atom. The number of aliphatic carboxylic acids is 1. The Morgan fingerprint density at radius 1 is 1.26 bits per heavy atom. The van der Waals surface area contributed by atoms with E-state index in [4.69, 9.17) is 5.11 Å². The quantitative estimate of drug-likeness (QED) is 0.792. The van der Waals surface area contributed by atoms with Gasteiger partial charge in [-0.3, -0.25) is 4.79 Å². The van der Waals surface area contributed by atoms with Gasteiger partial charge in [0.15, 0.2) is 0 Å². The average molecular weight is 281 g/mol. The van der Waals surface area contributed by atoms with Gasteiger partial charge in [-0.15, -0.1) is 0 Å². The second-order valence-electron chi connectivity index (χ2n) is 4.89. The van der Waals surface area contributed by atoms with Gasteiger partial charge in [-0.1, -0.05) is 31.5 Å². The van der Waals surface area contributed by atoms with Crippen LogP contribution in [0.25, 0.3) is 0 Å². The average Bonchev–Trinajstić information content (AvgIpc) is 2.34. The third-order valence-electron chi connectivity index (χ3n) is 2.81. The molecular weight excluding hydrogens is 258 g/mol. The van der Waals surface area contributed by atoms with Gasteiger partial charge in [0, 0.05) is 24.5 Å². The molecule has 19 heavy (non-hydrogen) atoms. The van der Waals surface area contributed by atoms with Crippen LogP contribution in [0.15, 0.2) is 24.3 Å². The van der Waals surface area contributed by atoms with Crippen molar-refractivity contribution in [3.05, 3.63) is 29.8 Å². The Morgan fingerprint density at radius 2 is 1.89 bits per heavy atom. The highest BCUT2D eigenvalue weighted by Gasteiger charge is 2.09. The zero-order valence-electron chi connectivity index (χ0n) is 11.9. The number of carbonyl (C=O) groups is 1. The van der Waals surface area contributed by atoms with Crippen molar-refractivity contribution in [2.45, 2.75) is 32.4 Å². The lowest BCUT2D eigenvalue weighted by Crippen LogP contribution is -2.28. The van der Waals surface area contributed by atoms with Gasteiger partial charge in [-0.25, -0.2) is 0 Å². The lowest BCUT2D eigenvalue weighted by molar-refractivity contribution is -0.136. The molecule has 0 saturated heterocycles. The Bertz CT molecular complexity index is 390. The molecule has 0 aliphatic heterocycles. The number of hydrogen-bond donors (Lipinski definition) is 1. The number of rotatable bonds is 8. The fraction of sp³-hybridized carbons (Fsp3) is 0.533. The second kappa shape index (κ2) is 8.10. The summed E-state index contributed by atoms with van der Waals surface area (Å²) in [4.78, 5) is 12.9. The van der Waals surface area contributed by atoms with E-state index >= 15 is 0 Å². The maximum absolute atomic E-state index is 10.7. The minimum absolute atomic E-state index is 0.181. The van der Waals surface area contributed by atoms with Crippen LogP contribution in [0.5, 0.6) is 0 Å². The van der Waals surface area contributed by atoms with Gasteiger partial charge < -0.3 is 10.0 Å². The van der Waals surface area contributed by atoms with E-state index in [1.54, 1.807) is 0 Å². The van der Waals surface area contributed by atoms with Crippen molar-refractivity contribution < 1.29 is 9.90 Å². The monoisotopic (exact) mass is 281 g/mol. The Hall–Kier alpha value is -1.16. The lowest BCUT2D eigenvalue weighted by Gasteiger charge is -2.24. The fourth-order valence-electron chi connectivity index (χ4n) is 1.75. The molecule has 0 aromatic heterocycles. The van der Waals surface area contributed by atoms with Crippen LogP contribution in [0.2, 0.25) is 0 Å². The molecule has 1 rings (SSSR count). The summed E-state index contributed by atoms with van der Waals surface area (Å²) in [6.45, 7) is 7.87. The van der Waals surface area contributed by atoms with Crippen molar-refractivity contribution in [3.8, 4) is 0 Å². The largest absolute Gasteiger partial charge is 0.481 e. The molecular formula is C15H23NO2S. The van der Waals surface area contributed by atoms with Crippen LogP contribution >= 0.6 is 11.8 Å². The van der Waals surface area contributed by atoms with Crippen LogP contribution in [0.3, 0.4) is 0 Å². The molecule has 0 radical (unpaired) electrons. The number of benzene rings is 1. The fourth-order valence-corrected chi connectivity index (χ4v) is 2.55. The summed E-state index contributed by atoms with van der Waals surface area (Å²) in [6, 6.07) is 8.27. The first-order chi connectivity index (χ1) is 8.99. The predicted molar refractivity (Wildman–Crippen MR) is 83.2 cm³/mol. The normalized spacial score (nSPS) is 10.7. The van der Waals surface area contributed by atoms with E-state index in [1.165, 1.54) is 5.56 Å². The summed E-state index contributed by atoms with van der Waals surface area (Å²) >= 11 is 1.90. The third kappa shape index (κ3) is 6.53. The Labute approximate surface area is 120 Å². The maximum atomic E-state index is 10.7. The molecule has 0 aliphatic carbocycles. The summed E-state index contributed by atoms with van der Waals surface area (Å²) in [5, 5.41) is 9.45. The molecule has 0 saturated carbocycles. The van der Waals surface area contributed by atoms with E-state index in [0.29, 0.717) is 11.8 Å². The van der Waals surface area contributed by atoms with Gasteiger partial charge in [0.1, 0.15) is 0 Å². The van der Waals surface area contributed by atoms with E-state index in [0.717, 1.165) is 18.0 Å². The lowest BCUT2D eigenvalue weighted by atomic mass is 10.2. The molecule has 0 heterocycles. The Balaban J connectivity index is 2.62. The first-order valence-corrected chi connectivity index (χ1v) is 7.69. The van der Waals surface area contributed by atoms with Crippen molar-refractivity contribution in [1.82, 2.24) is 0 Å². The minimum atomic E-state index is -0.742. The smallest absolute Gasteiger partial charge is 0.305 e. The number of hydrogen-bond acceptors (Lipinski definition) is 3. The van der Waals surface area contributed by atoms with Crippen LogP contribution in [0, 0.1) is 6.92 Å². The maximum Gasteiger partial charge on any atom is 0.305 e. The van der Waals surface area contributed by atoms with Crippen LogP contribution in [-0.4, -0.2) is 35.2 Å². The van der Waals surface area contributed by atoms with E-state index in [9.17, 15) is 4.79 Å². The number of carboxylic acids is 1. The number of carboxylic acid groups (broad SMARTS) is 1. The number of nitrogens with zero attached hydrogens (tertiary/aromatic N) is 1. The van der Waals surface area contributed by atoms with Crippen molar-refractivity contribution in [3.63, 3.8) is 0 Å². The highest BCUT2D eigenvalue weighted by Crippen LogP contribution is 2.17. The van der Waals surface area contributed by atoms with Crippen molar-refractivity contribution >= 4 is 23.4 Å². The molecule has 0 fully saturated rings. The SMILES string of the molecule is Cc1ccc(N(CCSC(C)C)CCC(=O)O)cc1. The highest BCUT2D eigenvalue weighted by molar-refractivity contribution is 7.99. The molecule has 3 nitrogen and oxygen atoms in total. The zero-order chi connectivity index (χ0) is 14.3. The van der Waals surface area contributed by atoms with E-state index in [1.807, 2.05) is 11.8 Å². The number of anilines is 1. The van der Waals surface area contributed by atoms with E-state index in [-0.39, 0.29) is 6.42 Å². The first kappa shape index (κ1) is 15.9. The van der Waals surface area contributed by atoms with Gasteiger partial charge in [0.2, 0.25) is 0 Å². The van der Waals surface area contributed by atoms with Crippen molar-refractivity contribution in [2.24, 2.45) is 0 Å². The molecule has 1 aromatic rings. The van der Waals surface area contributed by atoms with Crippen molar-refractivity contribution in [1.29, 1.82) is 0 Å². The van der Waals surface area contributed by atoms with E-state index < -0.39 is 5.97 Å². The minimum Gasteiger partial charge on any atom is -0.481 e. The Kier molecular flexibility index (Phi) is 6.78. The molecule has 1 N–H and O–H groups in total. The molecule has 0 aliphatic rings. The molecule has 0 unspecified atom stereocenters. The molecule has 4 heteroatoms. The molecule has 0 amide bonds. The van der Waals surface area contributed by atoms with Gasteiger partial charge in [0.05, 0.1) is 6.42 Å². The topological polar surface area (TPSA) is 40.5 Å². The summed E-state index contributed by atoms with van der Waals surface area (Å²) < 4.78 is 0.